The molecule has 9 nitrogen and oxygen atoms in total. The average Bonchev–Trinajstić information content (AvgIpc) is 2.83. The number of nitrogens with zero attached hydrogens (tertiary/aromatic N) is 2. The second-order valence-electron chi connectivity index (χ2n) is 10.5. The number of carbonyl (C=O) groups is 3. The van der Waals surface area contributed by atoms with Crippen LogP contribution in [-0.4, -0.2) is 65.3 Å². The molecular weight excluding hydrogens is 540 g/mol. The van der Waals surface area contributed by atoms with E-state index in [0.29, 0.717) is 37.4 Å². The lowest BCUT2D eigenvalue weighted by molar-refractivity contribution is -0.154. The minimum absolute atomic E-state index is 0.299. The van der Waals surface area contributed by atoms with Crippen LogP contribution < -0.4 is 10.6 Å². The first-order chi connectivity index (χ1) is 17.4. The van der Waals surface area contributed by atoms with E-state index in [-0.39, 0.29) is 18.0 Å². The molecule has 2 heterocycles. The number of benzene rings is 2. The van der Waals surface area contributed by atoms with Crippen molar-refractivity contribution in [3.8, 4) is 0 Å². The zero-order valence-electron chi connectivity index (χ0n) is 21.8. The molecule has 2 aromatic rings. The van der Waals surface area contributed by atoms with Crippen LogP contribution >= 0.6 is 15.9 Å². The zero-order chi connectivity index (χ0) is 27.0. The predicted octanol–water partition coefficient (Wildman–Crippen LogP) is 5.00. The van der Waals surface area contributed by atoms with Gasteiger partial charge in [0.15, 0.2) is 0 Å². The van der Waals surface area contributed by atoms with Crippen molar-refractivity contribution in [2.45, 2.75) is 57.9 Å². The first-order valence-electron chi connectivity index (χ1n) is 12.2. The molecule has 0 radical (unpaired) electrons. The van der Waals surface area contributed by atoms with E-state index in [1.54, 1.807) is 24.0 Å². The van der Waals surface area contributed by atoms with Gasteiger partial charge in [-0.2, -0.15) is 0 Å². The molecule has 0 aromatic heterocycles. The van der Waals surface area contributed by atoms with Gasteiger partial charge in [-0.05, 0) is 81.6 Å². The van der Waals surface area contributed by atoms with Crippen LogP contribution in [0.4, 0.5) is 21.0 Å². The van der Waals surface area contributed by atoms with E-state index in [0.717, 1.165) is 15.6 Å². The van der Waals surface area contributed by atoms with Crippen molar-refractivity contribution < 1.29 is 23.9 Å². The molecule has 2 N–H and O–H groups in total. The minimum Gasteiger partial charge on any atom is -0.444 e. The van der Waals surface area contributed by atoms with Crippen molar-refractivity contribution in [2.75, 3.05) is 30.8 Å². The molecule has 198 valence electrons. The molecule has 2 atom stereocenters. The maximum atomic E-state index is 13.5. The lowest BCUT2D eigenvalue weighted by atomic mass is 9.82. The highest BCUT2D eigenvalue weighted by Gasteiger charge is 2.58. The van der Waals surface area contributed by atoms with Crippen LogP contribution in [0.3, 0.4) is 0 Å². The topological polar surface area (TPSA) is 100 Å². The molecular formula is C27H33BrN4O5. The number of fused-ring (bicyclic) bond motifs is 1. The van der Waals surface area contributed by atoms with E-state index in [2.05, 4.69) is 26.6 Å². The number of ether oxygens (including phenoxy) is 2. The Balaban J connectivity index is 1.43. The van der Waals surface area contributed by atoms with Gasteiger partial charge in [0.1, 0.15) is 17.2 Å². The smallest absolute Gasteiger partial charge is 0.410 e. The van der Waals surface area contributed by atoms with Gasteiger partial charge in [-0.1, -0.05) is 22.0 Å². The second kappa shape index (κ2) is 10.3. The molecule has 4 rings (SSSR count). The van der Waals surface area contributed by atoms with Crippen LogP contribution in [0.15, 0.2) is 46.9 Å². The molecule has 0 spiro atoms. The zero-order valence-corrected chi connectivity index (χ0v) is 23.3. The number of likely N-dealkylation sites (tertiary alicyclic amines) is 1. The molecule has 0 saturated carbocycles. The molecule has 0 unspecified atom stereocenters. The molecule has 0 bridgehead atoms. The summed E-state index contributed by atoms with van der Waals surface area (Å²) in [5.74, 6) is -0.331. The van der Waals surface area contributed by atoms with Crippen molar-refractivity contribution in [1.82, 2.24) is 9.80 Å². The van der Waals surface area contributed by atoms with Crippen LogP contribution in [0.1, 0.15) is 38.8 Å². The Labute approximate surface area is 225 Å². The molecule has 10 heteroatoms. The predicted molar refractivity (Wildman–Crippen MR) is 144 cm³/mol. The van der Waals surface area contributed by atoms with Crippen LogP contribution in [0.2, 0.25) is 0 Å². The van der Waals surface area contributed by atoms with Crippen LogP contribution in [0.5, 0.6) is 0 Å². The third kappa shape index (κ3) is 5.75. The fraction of sp³-hybridized carbons (Fsp3) is 0.444. The Hall–Kier alpha value is -3.11. The van der Waals surface area contributed by atoms with Crippen molar-refractivity contribution in [2.24, 2.45) is 0 Å². The number of rotatable bonds is 4. The maximum Gasteiger partial charge on any atom is 0.410 e. The molecule has 37 heavy (non-hydrogen) atoms. The van der Waals surface area contributed by atoms with Crippen LogP contribution in [-0.2, 0) is 27.2 Å². The number of hydrogen-bond donors (Lipinski definition) is 2. The summed E-state index contributed by atoms with van der Waals surface area (Å²) < 4.78 is 11.9. The number of hydrogen-bond acceptors (Lipinski definition) is 5. The Bertz CT molecular complexity index is 1200. The van der Waals surface area contributed by atoms with Crippen molar-refractivity contribution in [3.05, 3.63) is 58.1 Å². The fourth-order valence-electron chi connectivity index (χ4n) is 4.56. The third-order valence-corrected chi connectivity index (χ3v) is 7.28. The highest BCUT2D eigenvalue weighted by Crippen LogP contribution is 2.35. The van der Waals surface area contributed by atoms with E-state index >= 15 is 0 Å². The molecule has 1 fully saturated rings. The van der Waals surface area contributed by atoms with E-state index in [4.69, 9.17) is 9.47 Å². The summed E-state index contributed by atoms with van der Waals surface area (Å²) in [6.45, 7) is 8.53. The third-order valence-electron chi connectivity index (χ3n) is 6.75. The number of carbonyl (C=O) groups excluding carboxylic acids is 3. The van der Waals surface area contributed by atoms with E-state index in [1.807, 2.05) is 51.1 Å². The summed E-state index contributed by atoms with van der Waals surface area (Å²) in [4.78, 5) is 42.1. The average molecular weight is 573 g/mol. The Kier molecular flexibility index (Phi) is 7.52. The highest BCUT2D eigenvalue weighted by molar-refractivity contribution is 9.10. The van der Waals surface area contributed by atoms with Gasteiger partial charge in [0, 0.05) is 36.0 Å². The van der Waals surface area contributed by atoms with Gasteiger partial charge in [0.25, 0.3) is 5.91 Å². The highest BCUT2D eigenvalue weighted by atomic mass is 79.9. The first-order valence-corrected chi connectivity index (χ1v) is 13.0. The van der Waals surface area contributed by atoms with Crippen molar-refractivity contribution in [1.29, 1.82) is 0 Å². The lowest BCUT2D eigenvalue weighted by Gasteiger charge is -2.53. The monoisotopic (exact) mass is 572 g/mol. The van der Waals surface area contributed by atoms with Gasteiger partial charge in [0.05, 0.1) is 6.54 Å². The molecule has 0 aliphatic carbocycles. The Morgan fingerprint density at radius 1 is 1.03 bits per heavy atom. The summed E-state index contributed by atoms with van der Waals surface area (Å²) in [7, 11) is 1.54. The summed E-state index contributed by atoms with van der Waals surface area (Å²) >= 11 is 3.38. The first kappa shape index (κ1) is 26.9. The van der Waals surface area contributed by atoms with Gasteiger partial charge in [-0.25, -0.2) is 9.59 Å². The quantitative estimate of drug-likeness (QED) is 0.536. The minimum atomic E-state index is -1.18. The van der Waals surface area contributed by atoms with Crippen LogP contribution in [0.25, 0.3) is 0 Å². The summed E-state index contributed by atoms with van der Waals surface area (Å²) in [5.41, 5.74) is 1.60. The van der Waals surface area contributed by atoms with Gasteiger partial charge in [0.2, 0.25) is 0 Å². The Morgan fingerprint density at radius 3 is 2.35 bits per heavy atom. The number of anilines is 2. The summed E-state index contributed by atoms with van der Waals surface area (Å²) in [6.07, 6.45) is -0.124. The van der Waals surface area contributed by atoms with Gasteiger partial charge in [-0.15, -0.1) is 0 Å². The number of methoxy groups -OCH3 is 1. The number of amides is 4. The van der Waals surface area contributed by atoms with E-state index in [9.17, 15) is 14.4 Å². The molecule has 2 aliphatic rings. The van der Waals surface area contributed by atoms with Crippen LogP contribution in [0, 0.1) is 0 Å². The molecule has 1 saturated heterocycles. The number of halogens is 1. The molecule has 2 aliphatic heterocycles. The summed E-state index contributed by atoms with van der Waals surface area (Å²) in [5, 5.41) is 5.81. The van der Waals surface area contributed by atoms with Gasteiger partial charge >= 0.3 is 12.1 Å². The van der Waals surface area contributed by atoms with Gasteiger partial charge in [-0.3, -0.25) is 4.79 Å². The van der Waals surface area contributed by atoms with Crippen molar-refractivity contribution in [3.63, 3.8) is 0 Å². The fourth-order valence-corrected chi connectivity index (χ4v) is 4.82. The van der Waals surface area contributed by atoms with E-state index in [1.165, 1.54) is 12.0 Å². The largest absolute Gasteiger partial charge is 0.444 e. The lowest BCUT2D eigenvalue weighted by Crippen LogP contribution is -2.76. The maximum absolute atomic E-state index is 13.5. The van der Waals surface area contributed by atoms with Gasteiger partial charge < -0.3 is 29.9 Å². The molecule has 4 amide bonds. The molecule has 2 aromatic carbocycles. The number of urea groups is 1. The normalized spacial score (nSPS) is 21.0. The Morgan fingerprint density at radius 2 is 1.70 bits per heavy atom. The number of nitrogens with one attached hydrogen (secondary N) is 2. The summed E-state index contributed by atoms with van der Waals surface area (Å²) in [6, 6.07) is 12.5. The SMILES string of the molecule is CO[C@H]1CN(C(=O)Nc2ccc(Br)cc2)[C@@]1(C)C(=O)Nc1ccc2c(c1)CCN(C(=O)OC(C)(C)C)C2. The van der Waals surface area contributed by atoms with E-state index < -0.39 is 17.2 Å². The van der Waals surface area contributed by atoms with Crippen molar-refractivity contribution >= 4 is 45.3 Å². The standard InChI is InChI=1S/C27H33BrN4O5/c1-26(2,3)37-25(35)31-13-12-17-14-21(9-6-18(17)15-31)29-23(33)27(4)22(36-5)16-32(27)24(34)30-20-10-7-19(28)8-11-20/h6-11,14,22H,12-13,15-16H2,1-5H3,(H,29,33)(H,30,34)/t22-,27+/m0/s1. The second-order valence-corrected chi connectivity index (χ2v) is 11.4.